The Morgan fingerprint density at radius 1 is 1.43 bits per heavy atom. The third kappa shape index (κ3) is 6.91. The Kier molecular flexibility index (Phi) is 3.44. The van der Waals surface area contributed by atoms with Crippen LogP contribution in [0.3, 0.4) is 0 Å². The summed E-state index contributed by atoms with van der Waals surface area (Å²) >= 11 is 8.76. The lowest BCUT2D eigenvalue weighted by atomic mass is 11.5. The van der Waals surface area contributed by atoms with E-state index in [1.54, 1.807) is 0 Å². The van der Waals surface area contributed by atoms with Gasteiger partial charge in [-0.05, 0) is 47.8 Å². The Morgan fingerprint density at radius 2 is 1.86 bits per heavy atom. The molecule has 0 spiro atoms. The number of carbonyl (C=O) groups is 1. The van der Waals surface area contributed by atoms with Gasteiger partial charge in [0.15, 0.2) is 0 Å². The lowest BCUT2D eigenvalue weighted by Gasteiger charge is -2.06. The van der Waals surface area contributed by atoms with Crippen LogP contribution in [0.4, 0.5) is 0 Å². The summed E-state index contributed by atoms with van der Waals surface area (Å²) in [4.78, 5) is 9.51. The van der Waals surface area contributed by atoms with Crippen molar-refractivity contribution in [3.63, 3.8) is 0 Å². The standard InChI is InChI=1S/C2HBr3O2/c3-2(4,5)7-1-6/h1H. The second-order valence-corrected chi connectivity index (χ2v) is 7.20. The zero-order valence-corrected chi connectivity index (χ0v) is 7.79. The summed E-state index contributed by atoms with van der Waals surface area (Å²) in [5.41, 5.74) is 0. The highest BCUT2D eigenvalue weighted by molar-refractivity contribution is 9.39. The number of halogens is 3. The van der Waals surface area contributed by atoms with Crippen molar-refractivity contribution in [2.45, 2.75) is 2.33 Å². The molecule has 5 heteroatoms. The van der Waals surface area contributed by atoms with Crippen molar-refractivity contribution < 1.29 is 9.53 Å². The van der Waals surface area contributed by atoms with E-state index in [9.17, 15) is 4.79 Å². The van der Waals surface area contributed by atoms with Gasteiger partial charge in [-0.25, -0.2) is 0 Å². The zero-order valence-electron chi connectivity index (χ0n) is 3.03. The normalized spacial score (nSPS) is 10.7. The molecule has 0 aliphatic carbocycles. The molecule has 7 heavy (non-hydrogen) atoms. The molecule has 0 aliphatic rings. The van der Waals surface area contributed by atoms with Crippen LogP contribution in [0.25, 0.3) is 0 Å². The van der Waals surface area contributed by atoms with Gasteiger partial charge in [0.25, 0.3) is 8.80 Å². The maximum Gasteiger partial charge on any atom is 0.295 e. The van der Waals surface area contributed by atoms with Crippen molar-refractivity contribution in [2.75, 3.05) is 0 Å². The number of ether oxygens (including phenoxy) is 1. The second-order valence-electron chi connectivity index (χ2n) is 0.660. The monoisotopic (exact) mass is 294 g/mol. The van der Waals surface area contributed by atoms with Crippen LogP contribution in [-0.2, 0) is 9.53 Å². The van der Waals surface area contributed by atoms with Gasteiger partial charge < -0.3 is 4.74 Å². The van der Waals surface area contributed by atoms with Gasteiger partial charge in [0.1, 0.15) is 0 Å². The summed E-state index contributed by atoms with van der Waals surface area (Å²) in [7, 11) is 0. The third-order valence-electron chi connectivity index (χ3n) is 0.182. The van der Waals surface area contributed by atoms with Gasteiger partial charge in [0.2, 0.25) is 0 Å². The van der Waals surface area contributed by atoms with Gasteiger partial charge in [-0.2, -0.15) is 0 Å². The average Bonchev–Trinajstić information content (AvgIpc) is 1.30. The summed E-state index contributed by atoms with van der Waals surface area (Å²) in [6.45, 7) is 0.318. The van der Waals surface area contributed by atoms with E-state index in [0.29, 0.717) is 6.47 Å². The summed E-state index contributed by atoms with van der Waals surface area (Å²) < 4.78 is 3.42. The summed E-state index contributed by atoms with van der Waals surface area (Å²) in [5.74, 6) is 0. The highest BCUT2D eigenvalue weighted by Gasteiger charge is 2.16. The predicted octanol–water partition coefficient (Wildman–Crippen LogP) is 1.96. The van der Waals surface area contributed by atoms with Crippen LogP contribution in [0, 0.1) is 0 Å². The molecule has 0 saturated carbocycles. The Morgan fingerprint density at radius 3 is 1.86 bits per heavy atom. The van der Waals surface area contributed by atoms with Gasteiger partial charge in [-0.3, -0.25) is 4.79 Å². The molecule has 0 N–H and O–H groups in total. The molecule has 0 saturated heterocycles. The first-order chi connectivity index (χ1) is 3.06. The van der Waals surface area contributed by atoms with E-state index in [2.05, 4.69) is 52.5 Å². The van der Waals surface area contributed by atoms with Crippen LogP contribution in [-0.4, -0.2) is 8.80 Å². The molecule has 0 aliphatic heterocycles. The average molecular weight is 297 g/mol. The minimum Gasteiger partial charge on any atom is -0.429 e. The molecule has 0 bridgehead atoms. The fourth-order valence-corrected chi connectivity index (χ4v) is 0.283. The van der Waals surface area contributed by atoms with Gasteiger partial charge in [0.05, 0.1) is 0 Å². The fourth-order valence-electron chi connectivity index (χ4n) is 0.0546. The number of rotatable bonds is 1. The lowest BCUT2D eigenvalue weighted by Crippen LogP contribution is -2.03. The SMILES string of the molecule is O=COC(Br)(Br)Br. The number of carbonyl (C=O) groups excluding carboxylic acids is 1. The highest BCUT2D eigenvalue weighted by atomic mass is 80.0. The molecular formula is C2HBr3O2. The summed E-state index contributed by atoms with van der Waals surface area (Å²) in [6, 6.07) is 0. The number of hydrogen-bond acceptors (Lipinski definition) is 2. The maximum absolute atomic E-state index is 9.51. The molecule has 0 heterocycles. The Balaban J connectivity index is 3.34. The Hall–Kier alpha value is 0.910. The van der Waals surface area contributed by atoms with Crippen molar-refractivity contribution in [3.8, 4) is 0 Å². The Bertz CT molecular complexity index is 65.8. The molecule has 0 radical (unpaired) electrons. The van der Waals surface area contributed by atoms with E-state index >= 15 is 0 Å². The van der Waals surface area contributed by atoms with Crippen molar-refractivity contribution in [3.05, 3.63) is 0 Å². The molecule has 0 fully saturated rings. The topological polar surface area (TPSA) is 26.3 Å². The fraction of sp³-hybridized carbons (Fsp3) is 0.500. The first-order valence-electron chi connectivity index (χ1n) is 1.24. The predicted molar refractivity (Wildman–Crippen MR) is 36.7 cm³/mol. The third-order valence-corrected chi connectivity index (χ3v) is 0.742. The van der Waals surface area contributed by atoms with Crippen LogP contribution >= 0.6 is 47.8 Å². The Labute approximate surface area is 66.0 Å². The quantitative estimate of drug-likeness (QED) is 0.546. The van der Waals surface area contributed by atoms with E-state index in [1.165, 1.54) is 0 Å². The molecule has 0 aromatic heterocycles. The van der Waals surface area contributed by atoms with Gasteiger partial charge in [-0.1, -0.05) is 0 Å². The number of alkyl halides is 3. The first-order valence-corrected chi connectivity index (χ1v) is 3.62. The van der Waals surface area contributed by atoms with E-state index in [1.807, 2.05) is 0 Å². The smallest absolute Gasteiger partial charge is 0.295 e. The highest BCUT2D eigenvalue weighted by Crippen LogP contribution is 2.33. The molecular weight excluding hydrogens is 296 g/mol. The molecule has 0 rings (SSSR count). The van der Waals surface area contributed by atoms with Crippen molar-refractivity contribution in [1.29, 1.82) is 0 Å². The van der Waals surface area contributed by atoms with E-state index in [4.69, 9.17) is 0 Å². The first kappa shape index (κ1) is 7.91. The van der Waals surface area contributed by atoms with Crippen LogP contribution in [0.15, 0.2) is 0 Å². The molecule has 0 aromatic carbocycles. The maximum atomic E-state index is 9.51. The zero-order chi connectivity index (χ0) is 5.91. The lowest BCUT2D eigenvalue weighted by molar-refractivity contribution is -0.128. The van der Waals surface area contributed by atoms with Gasteiger partial charge >= 0.3 is 0 Å². The van der Waals surface area contributed by atoms with Crippen molar-refractivity contribution >= 4 is 54.3 Å². The van der Waals surface area contributed by atoms with Crippen LogP contribution in [0.5, 0.6) is 0 Å². The molecule has 2 nitrogen and oxygen atoms in total. The van der Waals surface area contributed by atoms with E-state index in [-0.39, 0.29) is 0 Å². The van der Waals surface area contributed by atoms with E-state index in [0.717, 1.165) is 0 Å². The van der Waals surface area contributed by atoms with Crippen molar-refractivity contribution in [1.82, 2.24) is 0 Å². The summed E-state index contributed by atoms with van der Waals surface area (Å²) in [5, 5.41) is 0. The largest absolute Gasteiger partial charge is 0.429 e. The molecule has 0 amide bonds. The molecule has 42 valence electrons. The molecule has 0 atom stereocenters. The molecule has 0 unspecified atom stereocenters. The van der Waals surface area contributed by atoms with Gasteiger partial charge in [0, 0.05) is 0 Å². The van der Waals surface area contributed by atoms with Crippen LogP contribution in [0.1, 0.15) is 0 Å². The number of hydrogen-bond donors (Lipinski definition) is 0. The van der Waals surface area contributed by atoms with E-state index < -0.39 is 2.33 Å². The molecule has 0 aromatic rings. The minimum absolute atomic E-state index is 0.318. The minimum atomic E-state index is -0.880. The van der Waals surface area contributed by atoms with Crippen LogP contribution < -0.4 is 0 Å². The van der Waals surface area contributed by atoms with Crippen LogP contribution in [0.2, 0.25) is 0 Å². The second kappa shape index (κ2) is 3.04. The van der Waals surface area contributed by atoms with Gasteiger partial charge in [-0.15, -0.1) is 0 Å². The van der Waals surface area contributed by atoms with Crippen molar-refractivity contribution in [2.24, 2.45) is 0 Å². The summed E-state index contributed by atoms with van der Waals surface area (Å²) in [6.07, 6.45) is 0.